The summed E-state index contributed by atoms with van der Waals surface area (Å²) < 4.78 is 13.2. The highest BCUT2D eigenvalue weighted by Crippen LogP contribution is 2.27. The van der Waals surface area contributed by atoms with Crippen molar-refractivity contribution in [1.29, 1.82) is 0 Å². The average Bonchev–Trinajstić information content (AvgIpc) is 2.62. The van der Waals surface area contributed by atoms with Crippen LogP contribution in [0.3, 0.4) is 0 Å². The number of anilines is 1. The quantitative estimate of drug-likeness (QED) is 0.576. The maximum Gasteiger partial charge on any atom is 0.123 e. The van der Waals surface area contributed by atoms with Gasteiger partial charge in [0.05, 0.1) is 0 Å². The number of hydrogen-bond acceptors (Lipinski definition) is 1. The van der Waals surface area contributed by atoms with Crippen molar-refractivity contribution in [3.63, 3.8) is 0 Å². The van der Waals surface area contributed by atoms with Crippen molar-refractivity contribution >= 4 is 17.3 Å². The molecule has 0 fully saturated rings. The van der Waals surface area contributed by atoms with Gasteiger partial charge in [-0.15, -0.1) is 0 Å². The minimum atomic E-state index is -0.219. The molecule has 0 bridgehead atoms. The van der Waals surface area contributed by atoms with Gasteiger partial charge in [0.1, 0.15) is 5.82 Å². The van der Waals surface area contributed by atoms with Crippen molar-refractivity contribution in [1.82, 2.24) is 0 Å². The predicted molar refractivity (Wildman–Crippen MR) is 101 cm³/mol. The second-order valence-electron chi connectivity index (χ2n) is 5.92. The van der Waals surface area contributed by atoms with Gasteiger partial charge in [0.2, 0.25) is 0 Å². The van der Waals surface area contributed by atoms with E-state index in [1.54, 1.807) is 12.1 Å². The Labute approximate surface area is 142 Å². The van der Waals surface area contributed by atoms with Crippen LogP contribution in [0.15, 0.2) is 78.9 Å². The molecule has 0 N–H and O–H groups in total. The molecule has 0 radical (unpaired) electrons. The third kappa shape index (κ3) is 3.72. The predicted octanol–water partition coefficient (Wildman–Crippen LogP) is 5.48. The Hall–Kier alpha value is -2.87. The summed E-state index contributed by atoms with van der Waals surface area (Å²) in [6.07, 6.45) is 2.10. The largest absolute Gasteiger partial charge is 0.378 e. The molecule has 0 aliphatic carbocycles. The van der Waals surface area contributed by atoms with Gasteiger partial charge in [-0.2, -0.15) is 0 Å². The van der Waals surface area contributed by atoms with Crippen LogP contribution in [0.25, 0.3) is 11.6 Å². The second kappa shape index (κ2) is 7.14. The Balaban J connectivity index is 2.07. The van der Waals surface area contributed by atoms with Gasteiger partial charge in [0.15, 0.2) is 0 Å². The fourth-order valence-corrected chi connectivity index (χ4v) is 2.62. The van der Waals surface area contributed by atoms with Gasteiger partial charge in [-0.05, 0) is 52.6 Å². The molecule has 3 rings (SSSR count). The van der Waals surface area contributed by atoms with E-state index in [4.69, 9.17) is 0 Å². The van der Waals surface area contributed by atoms with Crippen molar-refractivity contribution in [3.8, 4) is 0 Å². The molecule has 0 aliphatic rings. The normalized spacial score (nSPS) is 11.4. The monoisotopic (exact) mass is 317 g/mol. The van der Waals surface area contributed by atoms with E-state index in [1.807, 2.05) is 32.3 Å². The third-order valence-corrected chi connectivity index (χ3v) is 3.96. The van der Waals surface area contributed by atoms with E-state index >= 15 is 0 Å². The second-order valence-corrected chi connectivity index (χ2v) is 5.92. The molecule has 0 saturated carbocycles. The van der Waals surface area contributed by atoms with E-state index in [-0.39, 0.29) is 5.82 Å². The fourth-order valence-electron chi connectivity index (χ4n) is 2.62. The number of rotatable bonds is 4. The lowest BCUT2D eigenvalue weighted by Crippen LogP contribution is -2.08. The summed E-state index contributed by atoms with van der Waals surface area (Å²) in [6, 6.07) is 25.3. The van der Waals surface area contributed by atoms with E-state index < -0.39 is 0 Å². The van der Waals surface area contributed by atoms with E-state index in [0.29, 0.717) is 0 Å². The van der Waals surface area contributed by atoms with Gasteiger partial charge < -0.3 is 4.90 Å². The average molecular weight is 317 g/mol. The van der Waals surface area contributed by atoms with Crippen LogP contribution in [0.1, 0.15) is 16.7 Å². The van der Waals surface area contributed by atoms with Crippen LogP contribution in [0.2, 0.25) is 0 Å². The first kappa shape index (κ1) is 16.0. The highest BCUT2D eigenvalue weighted by atomic mass is 19.1. The molecule has 0 aromatic heterocycles. The molecule has 0 atom stereocenters. The van der Waals surface area contributed by atoms with Crippen LogP contribution in [-0.4, -0.2) is 14.1 Å². The fraction of sp³-hybridized carbons (Fsp3) is 0.0909. The Morgan fingerprint density at radius 2 is 1.33 bits per heavy atom. The summed E-state index contributed by atoms with van der Waals surface area (Å²) in [5, 5.41) is 0. The van der Waals surface area contributed by atoms with E-state index in [0.717, 1.165) is 28.0 Å². The molecule has 3 aromatic rings. The molecule has 0 saturated heterocycles. The molecule has 1 nitrogen and oxygen atoms in total. The lowest BCUT2D eigenvalue weighted by atomic mass is 9.95. The highest BCUT2D eigenvalue weighted by Gasteiger charge is 2.06. The molecular formula is C22H20FN. The van der Waals surface area contributed by atoms with Crippen LogP contribution in [0.5, 0.6) is 0 Å². The molecule has 0 aliphatic heterocycles. The Bertz CT molecular complexity index is 816. The lowest BCUT2D eigenvalue weighted by molar-refractivity contribution is 0.628. The zero-order chi connectivity index (χ0) is 16.9. The first-order valence-electron chi connectivity index (χ1n) is 7.94. The maximum absolute atomic E-state index is 13.2. The van der Waals surface area contributed by atoms with Crippen molar-refractivity contribution in [2.75, 3.05) is 19.0 Å². The minimum Gasteiger partial charge on any atom is -0.378 e. The molecule has 3 aromatic carbocycles. The third-order valence-electron chi connectivity index (χ3n) is 3.96. The van der Waals surface area contributed by atoms with Gasteiger partial charge in [0.25, 0.3) is 0 Å². The summed E-state index contributed by atoms with van der Waals surface area (Å²) in [5.41, 5.74) is 5.53. The first-order chi connectivity index (χ1) is 11.6. The van der Waals surface area contributed by atoms with Crippen LogP contribution in [0.4, 0.5) is 10.1 Å². The van der Waals surface area contributed by atoms with Crippen LogP contribution < -0.4 is 4.90 Å². The molecule has 0 unspecified atom stereocenters. The molecule has 0 spiro atoms. The summed E-state index contributed by atoms with van der Waals surface area (Å²) in [5.74, 6) is -0.219. The number of benzene rings is 3. The first-order valence-corrected chi connectivity index (χ1v) is 7.94. The van der Waals surface area contributed by atoms with Crippen LogP contribution >= 0.6 is 0 Å². The van der Waals surface area contributed by atoms with Gasteiger partial charge in [-0.1, -0.05) is 54.6 Å². The lowest BCUT2D eigenvalue weighted by Gasteiger charge is -2.14. The standard InChI is InChI=1S/C22H20FN/c1-24(2)21-14-10-19(11-15-21)22(18-6-4-3-5-7-18)16-17-8-12-20(23)13-9-17/h3-16H,1-2H3/b22-16-. The molecule has 120 valence electrons. The number of nitrogens with zero attached hydrogens (tertiary/aromatic N) is 1. The van der Waals surface area contributed by atoms with Gasteiger partial charge in [0, 0.05) is 19.8 Å². The van der Waals surface area contributed by atoms with Crippen molar-refractivity contribution in [2.24, 2.45) is 0 Å². The zero-order valence-electron chi connectivity index (χ0n) is 13.9. The topological polar surface area (TPSA) is 3.24 Å². The molecule has 0 amide bonds. The van der Waals surface area contributed by atoms with E-state index in [1.165, 1.54) is 12.1 Å². The van der Waals surface area contributed by atoms with Gasteiger partial charge in [-0.3, -0.25) is 0 Å². The minimum absolute atomic E-state index is 0.219. The molecular weight excluding hydrogens is 297 g/mol. The summed E-state index contributed by atoms with van der Waals surface area (Å²) >= 11 is 0. The highest BCUT2D eigenvalue weighted by molar-refractivity contribution is 5.91. The van der Waals surface area contributed by atoms with Crippen molar-refractivity contribution in [2.45, 2.75) is 0 Å². The molecule has 2 heteroatoms. The summed E-state index contributed by atoms with van der Waals surface area (Å²) in [7, 11) is 4.06. The summed E-state index contributed by atoms with van der Waals surface area (Å²) in [6.45, 7) is 0. The number of hydrogen-bond donors (Lipinski definition) is 0. The van der Waals surface area contributed by atoms with E-state index in [9.17, 15) is 4.39 Å². The van der Waals surface area contributed by atoms with Crippen LogP contribution in [0, 0.1) is 5.82 Å². The van der Waals surface area contributed by atoms with Crippen molar-refractivity contribution < 1.29 is 4.39 Å². The smallest absolute Gasteiger partial charge is 0.123 e. The molecule has 24 heavy (non-hydrogen) atoms. The van der Waals surface area contributed by atoms with Crippen molar-refractivity contribution in [3.05, 3.63) is 101 Å². The Morgan fingerprint density at radius 1 is 0.750 bits per heavy atom. The summed E-state index contributed by atoms with van der Waals surface area (Å²) in [4.78, 5) is 2.08. The molecule has 0 heterocycles. The van der Waals surface area contributed by atoms with Crippen LogP contribution in [-0.2, 0) is 0 Å². The van der Waals surface area contributed by atoms with E-state index in [2.05, 4.69) is 47.4 Å². The number of halogens is 1. The SMILES string of the molecule is CN(C)c1ccc(/C(=C\c2ccc(F)cc2)c2ccccc2)cc1. The maximum atomic E-state index is 13.2. The Morgan fingerprint density at radius 3 is 1.92 bits per heavy atom. The zero-order valence-corrected chi connectivity index (χ0v) is 13.9. The van der Waals surface area contributed by atoms with Gasteiger partial charge in [-0.25, -0.2) is 4.39 Å². The van der Waals surface area contributed by atoms with Gasteiger partial charge >= 0.3 is 0 Å². The Kier molecular flexibility index (Phi) is 4.76.